The van der Waals surface area contributed by atoms with E-state index in [0.29, 0.717) is 10.8 Å². The zero-order chi connectivity index (χ0) is 9.53. The van der Waals surface area contributed by atoms with E-state index < -0.39 is 0 Å². The van der Waals surface area contributed by atoms with Crippen molar-refractivity contribution < 1.29 is 0 Å². The van der Waals surface area contributed by atoms with Gasteiger partial charge in [0.1, 0.15) is 0 Å². The van der Waals surface area contributed by atoms with Crippen molar-refractivity contribution in [3.8, 4) is 0 Å². The minimum absolute atomic E-state index is 0.607. The smallest absolute Gasteiger partial charge is 0.0246 e. The molecule has 0 aromatic heterocycles. The van der Waals surface area contributed by atoms with Crippen molar-refractivity contribution in [3.05, 3.63) is 0 Å². The van der Waals surface area contributed by atoms with Crippen LogP contribution in [0.3, 0.4) is 0 Å². The van der Waals surface area contributed by atoms with E-state index in [9.17, 15) is 0 Å². The van der Waals surface area contributed by atoms with Gasteiger partial charge in [-0.3, -0.25) is 0 Å². The van der Waals surface area contributed by atoms with Crippen molar-refractivity contribution in [1.82, 2.24) is 0 Å². The molecule has 2 aliphatic rings. The Kier molecular flexibility index (Phi) is 2.20. The van der Waals surface area contributed by atoms with Crippen molar-refractivity contribution >= 4 is 0 Å². The minimum Gasteiger partial charge on any atom is -0.0594 e. The zero-order valence-corrected chi connectivity index (χ0v) is 9.53. The van der Waals surface area contributed by atoms with Gasteiger partial charge in [0, 0.05) is 0 Å². The Morgan fingerprint density at radius 3 is 2.23 bits per heavy atom. The summed E-state index contributed by atoms with van der Waals surface area (Å²) in [5.41, 5.74) is 1.28. The maximum Gasteiger partial charge on any atom is -0.0246 e. The van der Waals surface area contributed by atoms with E-state index in [2.05, 4.69) is 20.8 Å². The van der Waals surface area contributed by atoms with Crippen LogP contribution in [0, 0.1) is 16.7 Å². The van der Waals surface area contributed by atoms with Crippen molar-refractivity contribution in [2.75, 3.05) is 0 Å². The van der Waals surface area contributed by atoms with Gasteiger partial charge in [0.2, 0.25) is 0 Å². The number of rotatable bonds is 0. The SMILES string of the molecule is CC1(C)CCCC2CCCCC21C. The molecule has 0 aromatic carbocycles. The maximum atomic E-state index is 2.57. The molecule has 0 radical (unpaired) electrons. The lowest BCUT2D eigenvalue weighted by Gasteiger charge is -2.55. The molecular formula is C13H24. The fourth-order valence-electron chi connectivity index (χ4n) is 3.84. The second kappa shape index (κ2) is 3.00. The van der Waals surface area contributed by atoms with Gasteiger partial charge in [-0.1, -0.05) is 40.0 Å². The van der Waals surface area contributed by atoms with Gasteiger partial charge in [-0.2, -0.15) is 0 Å². The molecule has 0 saturated heterocycles. The third-order valence-electron chi connectivity index (χ3n) is 5.30. The molecule has 0 bridgehead atoms. The van der Waals surface area contributed by atoms with Crippen LogP contribution in [0.15, 0.2) is 0 Å². The van der Waals surface area contributed by atoms with Crippen LogP contribution < -0.4 is 0 Å². The van der Waals surface area contributed by atoms with Crippen LogP contribution in [0.25, 0.3) is 0 Å². The Hall–Kier alpha value is 0. The fourth-order valence-corrected chi connectivity index (χ4v) is 3.84. The standard InChI is InChI=1S/C13H24/c1-12(2)9-6-8-11-7-4-5-10-13(11,12)3/h11H,4-10H2,1-3H3. The van der Waals surface area contributed by atoms with Gasteiger partial charge in [0.05, 0.1) is 0 Å². The monoisotopic (exact) mass is 180 g/mol. The summed E-state index contributed by atoms with van der Waals surface area (Å²) in [5, 5.41) is 0. The van der Waals surface area contributed by atoms with E-state index in [1.165, 1.54) is 44.9 Å². The summed E-state index contributed by atoms with van der Waals surface area (Å²) < 4.78 is 0. The first-order chi connectivity index (χ1) is 6.06. The molecule has 2 atom stereocenters. The molecule has 2 unspecified atom stereocenters. The second-order valence-electron chi connectivity index (χ2n) is 6.14. The molecule has 0 heteroatoms. The molecule has 0 nitrogen and oxygen atoms in total. The summed E-state index contributed by atoms with van der Waals surface area (Å²) in [6, 6.07) is 0. The number of hydrogen-bond acceptors (Lipinski definition) is 0. The summed E-state index contributed by atoms with van der Waals surface area (Å²) in [5.74, 6) is 1.05. The first kappa shape index (κ1) is 9.55. The largest absolute Gasteiger partial charge is 0.0594 e. The molecular weight excluding hydrogens is 156 g/mol. The van der Waals surface area contributed by atoms with Gasteiger partial charge in [0.25, 0.3) is 0 Å². The molecule has 2 saturated carbocycles. The van der Waals surface area contributed by atoms with Crippen LogP contribution in [-0.2, 0) is 0 Å². The summed E-state index contributed by atoms with van der Waals surface area (Å²) in [6.45, 7) is 7.57. The van der Waals surface area contributed by atoms with Gasteiger partial charge in [-0.05, 0) is 42.4 Å². The Morgan fingerprint density at radius 1 is 0.846 bits per heavy atom. The first-order valence-electron chi connectivity index (χ1n) is 6.06. The van der Waals surface area contributed by atoms with Crippen molar-refractivity contribution in [3.63, 3.8) is 0 Å². The lowest BCUT2D eigenvalue weighted by molar-refractivity contribution is -0.0554. The average Bonchev–Trinajstić information content (AvgIpc) is 2.06. The molecule has 2 fully saturated rings. The van der Waals surface area contributed by atoms with Crippen LogP contribution >= 0.6 is 0 Å². The number of fused-ring (bicyclic) bond motifs is 1. The average molecular weight is 180 g/mol. The highest BCUT2D eigenvalue weighted by molar-refractivity contribution is 4.99. The minimum atomic E-state index is 0.607. The van der Waals surface area contributed by atoms with E-state index in [1.807, 2.05) is 0 Å². The topological polar surface area (TPSA) is 0 Å². The Morgan fingerprint density at radius 2 is 1.54 bits per heavy atom. The summed E-state index contributed by atoms with van der Waals surface area (Å²) in [6.07, 6.45) is 10.4. The summed E-state index contributed by atoms with van der Waals surface area (Å²) in [7, 11) is 0. The highest BCUT2D eigenvalue weighted by Crippen LogP contribution is 2.59. The van der Waals surface area contributed by atoms with Crippen LogP contribution in [0.1, 0.15) is 65.7 Å². The predicted octanol–water partition coefficient (Wildman–Crippen LogP) is 4.39. The molecule has 0 aromatic rings. The van der Waals surface area contributed by atoms with Crippen molar-refractivity contribution in [2.45, 2.75) is 65.7 Å². The van der Waals surface area contributed by atoms with Crippen molar-refractivity contribution in [2.24, 2.45) is 16.7 Å². The molecule has 0 heterocycles. The fraction of sp³-hybridized carbons (Fsp3) is 1.00. The molecule has 0 N–H and O–H groups in total. The summed E-state index contributed by atoms with van der Waals surface area (Å²) in [4.78, 5) is 0. The molecule has 76 valence electrons. The highest BCUT2D eigenvalue weighted by Gasteiger charge is 2.49. The van der Waals surface area contributed by atoms with E-state index in [4.69, 9.17) is 0 Å². The highest BCUT2D eigenvalue weighted by atomic mass is 14.5. The van der Waals surface area contributed by atoms with Crippen LogP contribution in [0.5, 0.6) is 0 Å². The van der Waals surface area contributed by atoms with Crippen LogP contribution in [0.2, 0.25) is 0 Å². The molecule has 2 aliphatic carbocycles. The van der Waals surface area contributed by atoms with E-state index >= 15 is 0 Å². The molecule has 0 aliphatic heterocycles. The van der Waals surface area contributed by atoms with Gasteiger partial charge in [-0.15, -0.1) is 0 Å². The number of hydrogen-bond donors (Lipinski definition) is 0. The third kappa shape index (κ3) is 1.33. The second-order valence-corrected chi connectivity index (χ2v) is 6.14. The maximum absolute atomic E-state index is 2.57. The predicted molar refractivity (Wildman–Crippen MR) is 57.7 cm³/mol. The van der Waals surface area contributed by atoms with E-state index in [-0.39, 0.29) is 0 Å². The Labute approximate surface area is 83.1 Å². The molecule has 2 rings (SSSR count). The van der Waals surface area contributed by atoms with Crippen LogP contribution in [-0.4, -0.2) is 0 Å². The van der Waals surface area contributed by atoms with Gasteiger partial charge < -0.3 is 0 Å². The van der Waals surface area contributed by atoms with E-state index in [0.717, 1.165) is 5.92 Å². The van der Waals surface area contributed by atoms with E-state index in [1.54, 1.807) is 0 Å². The quantitative estimate of drug-likeness (QED) is 0.518. The Balaban J connectivity index is 2.24. The van der Waals surface area contributed by atoms with Crippen molar-refractivity contribution in [1.29, 1.82) is 0 Å². The van der Waals surface area contributed by atoms with Crippen LogP contribution in [0.4, 0.5) is 0 Å². The first-order valence-corrected chi connectivity index (χ1v) is 6.06. The Bertz CT molecular complexity index is 190. The molecule has 13 heavy (non-hydrogen) atoms. The van der Waals surface area contributed by atoms with Gasteiger partial charge in [0.15, 0.2) is 0 Å². The van der Waals surface area contributed by atoms with Gasteiger partial charge in [-0.25, -0.2) is 0 Å². The van der Waals surface area contributed by atoms with Gasteiger partial charge >= 0.3 is 0 Å². The molecule has 0 amide bonds. The zero-order valence-electron chi connectivity index (χ0n) is 9.53. The lowest BCUT2D eigenvalue weighted by Crippen LogP contribution is -2.46. The lowest BCUT2D eigenvalue weighted by atomic mass is 9.49. The summed E-state index contributed by atoms with van der Waals surface area (Å²) >= 11 is 0. The molecule has 0 spiro atoms. The third-order valence-corrected chi connectivity index (χ3v) is 5.30. The normalized spacial score (nSPS) is 44.1.